The summed E-state index contributed by atoms with van der Waals surface area (Å²) in [5.41, 5.74) is 4.98. The number of rotatable bonds is 2. The maximum atomic E-state index is 12.7. The fourth-order valence-electron chi connectivity index (χ4n) is 2.86. The molecule has 0 amide bonds. The largest absolute Gasteiger partial charge is 0.416 e. The fraction of sp³-hybridized carbons (Fsp3) is 0.263. The van der Waals surface area contributed by atoms with E-state index in [0.29, 0.717) is 5.92 Å². The second kappa shape index (κ2) is 6.77. The Morgan fingerprint density at radius 3 is 2.17 bits per heavy atom. The van der Waals surface area contributed by atoms with Crippen molar-refractivity contribution in [2.45, 2.75) is 26.4 Å². The molecule has 3 rings (SSSR count). The third-order valence-electron chi connectivity index (χ3n) is 4.19. The molecule has 0 N–H and O–H groups in total. The molecule has 0 spiro atoms. The van der Waals surface area contributed by atoms with E-state index in [1.54, 1.807) is 12.1 Å². The van der Waals surface area contributed by atoms with Gasteiger partial charge in [-0.05, 0) is 46.7 Å². The molecule has 0 nitrogen and oxygen atoms in total. The molecule has 4 heteroatoms. The summed E-state index contributed by atoms with van der Waals surface area (Å²) in [6, 6.07) is 11.5. The first-order valence-corrected chi connectivity index (χ1v) is 7.36. The Labute approximate surface area is 153 Å². The van der Waals surface area contributed by atoms with E-state index in [1.807, 2.05) is 12.1 Å². The van der Waals surface area contributed by atoms with Gasteiger partial charge >= 0.3 is 6.18 Å². The number of hydrogen-bond donors (Lipinski definition) is 0. The third kappa shape index (κ3) is 3.68. The molecular formula is C19H17F3Zr. The van der Waals surface area contributed by atoms with Crippen LogP contribution in [0.2, 0.25) is 0 Å². The van der Waals surface area contributed by atoms with Crippen LogP contribution in [0.15, 0.2) is 48.0 Å². The average molecular weight is 394 g/mol. The molecule has 0 saturated carbocycles. The van der Waals surface area contributed by atoms with Crippen molar-refractivity contribution in [1.29, 1.82) is 0 Å². The summed E-state index contributed by atoms with van der Waals surface area (Å²) >= 11 is 0. The summed E-state index contributed by atoms with van der Waals surface area (Å²) in [4.78, 5) is 0. The Kier molecular flexibility index (Phi) is 5.35. The molecule has 0 saturated heterocycles. The van der Waals surface area contributed by atoms with E-state index in [2.05, 4.69) is 26.0 Å². The summed E-state index contributed by atoms with van der Waals surface area (Å²) in [5, 5.41) is 0. The second-order valence-electron chi connectivity index (χ2n) is 6.00. The summed E-state index contributed by atoms with van der Waals surface area (Å²) in [7, 11) is 0. The molecule has 0 bridgehead atoms. The van der Waals surface area contributed by atoms with Crippen molar-refractivity contribution in [2.24, 2.45) is 5.92 Å². The van der Waals surface area contributed by atoms with Gasteiger partial charge in [0.2, 0.25) is 0 Å². The molecular weight excluding hydrogens is 376 g/mol. The molecule has 0 heterocycles. The van der Waals surface area contributed by atoms with Crippen LogP contribution in [0.4, 0.5) is 13.2 Å². The molecule has 23 heavy (non-hydrogen) atoms. The Morgan fingerprint density at radius 2 is 1.61 bits per heavy atom. The van der Waals surface area contributed by atoms with Crippen LogP contribution in [-0.2, 0) is 38.8 Å². The zero-order chi connectivity index (χ0) is 15.9. The molecule has 0 atom stereocenters. The van der Waals surface area contributed by atoms with Gasteiger partial charge in [-0.2, -0.15) is 13.2 Å². The summed E-state index contributed by atoms with van der Waals surface area (Å²) < 4.78 is 38.0. The summed E-state index contributed by atoms with van der Waals surface area (Å²) in [6.45, 7) is 4.32. The Hall–Kier alpha value is -1.15. The predicted molar refractivity (Wildman–Crippen MR) is 83.4 cm³/mol. The minimum absolute atomic E-state index is 0. The quantitative estimate of drug-likeness (QED) is 0.590. The first kappa shape index (κ1) is 18.2. The van der Waals surface area contributed by atoms with Gasteiger partial charge in [0.25, 0.3) is 0 Å². The number of halogens is 3. The number of hydrogen-bond acceptors (Lipinski definition) is 0. The SMILES string of the molecule is CC(C)C1=Cc2c(cccc2-c2ccc(C(F)(F)F)cc2)C1.[Zr]. The number of benzene rings is 2. The molecule has 0 fully saturated rings. The van der Waals surface area contributed by atoms with Gasteiger partial charge in [0.15, 0.2) is 0 Å². The number of fused-ring (bicyclic) bond motifs is 1. The van der Waals surface area contributed by atoms with Crippen LogP contribution < -0.4 is 0 Å². The Balaban J connectivity index is 0.00000192. The van der Waals surface area contributed by atoms with Gasteiger partial charge < -0.3 is 0 Å². The van der Waals surface area contributed by atoms with Crippen LogP contribution in [0.5, 0.6) is 0 Å². The van der Waals surface area contributed by atoms with E-state index in [0.717, 1.165) is 35.2 Å². The smallest absolute Gasteiger partial charge is 0.166 e. The Bertz CT molecular complexity index is 725. The van der Waals surface area contributed by atoms with Crippen molar-refractivity contribution in [1.82, 2.24) is 0 Å². The van der Waals surface area contributed by atoms with Crippen molar-refractivity contribution in [3.8, 4) is 11.1 Å². The molecule has 0 aliphatic heterocycles. The van der Waals surface area contributed by atoms with Crippen LogP contribution in [0.1, 0.15) is 30.5 Å². The van der Waals surface area contributed by atoms with Gasteiger partial charge in [0.1, 0.15) is 0 Å². The van der Waals surface area contributed by atoms with E-state index in [-0.39, 0.29) is 26.2 Å². The van der Waals surface area contributed by atoms with Crippen LogP contribution in [0.3, 0.4) is 0 Å². The van der Waals surface area contributed by atoms with Crippen LogP contribution >= 0.6 is 0 Å². The molecule has 2 aromatic rings. The first-order chi connectivity index (χ1) is 10.4. The van der Waals surface area contributed by atoms with E-state index < -0.39 is 11.7 Å². The van der Waals surface area contributed by atoms with Crippen LogP contribution in [-0.4, -0.2) is 0 Å². The molecule has 118 valence electrons. The monoisotopic (exact) mass is 392 g/mol. The van der Waals surface area contributed by atoms with E-state index in [4.69, 9.17) is 0 Å². The van der Waals surface area contributed by atoms with Crippen molar-refractivity contribution in [2.75, 3.05) is 0 Å². The predicted octanol–water partition coefficient (Wildman–Crippen LogP) is 5.97. The van der Waals surface area contributed by atoms with Gasteiger partial charge in [0, 0.05) is 26.2 Å². The zero-order valence-electron chi connectivity index (χ0n) is 13.0. The second-order valence-corrected chi connectivity index (χ2v) is 6.00. The minimum Gasteiger partial charge on any atom is -0.166 e. The fourth-order valence-corrected chi connectivity index (χ4v) is 2.86. The maximum absolute atomic E-state index is 12.7. The molecule has 0 radical (unpaired) electrons. The topological polar surface area (TPSA) is 0 Å². The van der Waals surface area contributed by atoms with Crippen LogP contribution in [0, 0.1) is 5.92 Å². The molecule has 0 aromatic heterocycles. The average Bonchev–Trinajstić information content (AvgIpc) is 2.90. The summed E-state index contributed by atoms with van der Waals surface area (Å²) in [6.07, 6.45) is -1.17. The molecule has 1 aliphatic carbocycles. The molecule has 0 unspecified atom stereocenters. The van der Waals surface area contributed by atoms with E-state index in [9.17, 15) is 13.2 Å². The van der Waals surface area contributed by atoms with E-state index >= 15 is 0 Å². The number of alkyl halides is 3. The Morgan fingerprint density at radius 1 is 0.957 bits per heavy atom. The standard InChI is InChI=1S/C19H17F3.Zr/c1-12(2)15-10-14-4-3-5-17(18(14)11-15)13-6-8-16(9-7-13)19(20,21)22;/h3-9,11-12H,10H2,1-2H3;. The molecule has 2 aromatic carbocycles. The van der Waals surface area contributed by atoms with Crippen LogP contribution in [0.25, 0.3) is 17.2 Å². The van der Waals surface area contributed by atoms with Gasteiger partial charge in [-0.3, -0.25) is 0 Å². The molecule has 1 aliphatic rings. The zero-order valence-corrected chi connectivity index (χ0v) is 15.5. The van der Waals surface area contributed by atoms with E-state index in [1.165, 1.54) is 11.1 Å². The minimum atomic E-state index is -4.29. The van der Waals surface area contributed by atoms with Crippen molar-refractivity contribution in [3.05, 3.63) is 64.7 Å². The summed E-state index contributed by atoms with van der Waals surface area (Å²) in [5.74, 6) is 0.479. The van der Waals surface area contributed by atoms with Crippen molar-refractivity contribution < 1.29 is 39.4 Å². The van der Waals surface area contributed by atoms with Gasteiger partial charge in [-0.15, -0.1) is 0 Å². The number of allylic oxidation sites excluding steroid dienone is 1. The normalized spacial score (nSPS) is 13.6. The van der Waals surface area contributed by atoms with Crippen molar-refractivity contribution >= 4 is 6.08 Å². The third-order valence-corrected chi connectivity index (χ3v) is 4.19. The van der Waals surface area contributed by atoms with Gasteiger partial charge in [-0.25, -0.2) is 0 Å². The van der Waals surface area contributed by atoms with Gasteiger partial charge in [-0.1, -0.05) is 55.8 Å². The maximum Gasteiger partial charge on any atom is 0.416 e. The first-order valence-electron chi connectivity index (χ1n) is 7.36. The van der Waals surface area contributed by atoms with Gasteiger partial charge in [0.05, 0.1) is 5.56 Å². The van der Waals surface area contributed by atoms with Crippen molar-refractivity contribution in [3.63, 3.8) is 0 Å².